The van der Waals surface area contributed by atoms with Gasteiger partial charge in [-0.2, -0.15) is 0 Å². The Kier molecular flexibility index (Phi) is 6.30. The first-order chi connectivity index (χ1) is 6.95. The third kappa shape index (κ3) is 5.60. The Hall–Kier alpha value is -0.790. The van der Waals surface area contributed by atoms with Gasteiger partial charge in [-0.25, -0.2) is 0 Å². The fraction of sp³-hybridized carbons (Fsp3) is 0.769. The molecule has 0 aliphatic rings. The molecule has 0 aromatic rings. The molecule has 0 aliphatic heterocycles. The molecular formula is C13H24O2. The van der Waals surface area contributed by atoms with Crippen molar-refractivity contribution in [2.24, 2.45) is 11.3 Å². The van der Waals surface area contributed by atoms with Crippen LogP contribution < -0.4 is 0 Å². The Morgan fingerprint density at radius 2 is 2.07 bits per heavy atom. The molecule has 15 heavy (non-hydrogen) atoms. The summed E-state index contributed by atoms with van der Waals surface area (Å²) < 4.78 is 0. The highest BCUT2D eigenvalue weighted by Crippen LogP contribution is 2.30. The molecule has 1 unspecified atom stereocenters. The number of carboxylic acids is 1. The molecule has 0 aliphatic carbocycles. The lowest BCUT2D eigenvalue weighted by Gasteiger charge is -2.24. The predicted molar refractivity (Wildman–Crippen MR) is 63.9 cm³/mol. The normalized spacial score (nSPS) is 17.6. The first-order valence-corrected chi connectivity index (χ1v) is 5.87. The SMILES string of the molecule is CCCCC(C)(/C=C/[C@@H](C)C(=O)O)CC. The molecule has 2 atom stereocenters. The minimum atomic E-state index is -0.750. The molecule has 0 amide bonds. The lowest BCUT2D eigenvalue weighted by atomic mass is 9.81. The molecule has 88 valence electrons. The molecule has 0 rings (SSSR count). The van der Waals surface area contributed by atoms with Crippen molar-refractivity contribution in [3.05, 3.63) is 12.2 Å². The number of allylic oxidation sites excluding steroid dienone is 1. The summed E-state index contributed by atoms with van der Waals surface area (Å²) in [7, 11) is 0. The largest absolute Gasteiger partial charge is 0.481 e. The van der Waals surface area contributed by atoms with E-state index >= 15 is 0 Å². The van der Waals surface area contributed by atoms with E-state index in [1.54, 1.807) is 6.92 Å². The Balaban J connectivity index is 4.34. The summed E-state index contributed by atoms with van der Waals surface area (Å²) in [5, 5.41) is 8.78. The fourth-order valence-corrected chi connectivity index (χ4v) is 1.42. The van der Waals surface area contributed by atoms with Gasteiger partial charge in [-0.1, -0.05) is 45.8 Å². The maximum atomic E-state index is 10.7. The molecule has 2 nitrogen and oxygen atoms in total. The van der Waals surface area contributed by atoms with E-state index < -0.39 is 5.97 Å². The average molecular weight is 212 g/mol. The van der Waals surface area contributed by atoms with E-state index in [1.165, 1.54) is 12.8 Å². The molecule has 0 aromatic heterocycles. The van der Waals surface area contributed by atoms with E-state index in [4.69, 9.17) is 5.11 Å². The molecule has 0 spiro atoms. The first-order valence-electron chi connectivity index (χ1n) is 5.87. The van der Waals surface area contributed by atoms with E-state index in [0.29, 0.717) is 0 Å². The van der Waals surface area contributed by atoms with Gasteiger partial charge >= 0.3 is 5.97 Å². The zero-order valence-corrected chi connectivity index (χ0v) is 10.4. The highest BCUT2D eigenvalue weighted by molar-refractivity contribution is 5.71. The minimum Gasteiger partial charge on any atom is -0.481 e. The van der Waals surface area contributed by atoms with E-state index in [2.05, 4.69) is 26.8 Å². The number of unbranched alkanes of at least 4 members (excludes halogenated alkanes) is 1. The molecule has 0 bridgehead atoms. The molecule has 0 saturated heterocycles. The lowest BCUT2D eigenvalue weighted by molar-refractivity contribution is -0.139. The molecule has 0 heterocycles. The van der Waals surface area contributed by atoms with Crippen molar-refractivity contribution in [1.29, 1.82) is 0 Å². The quantitative estimate of drug-likeness (QED) is 0.650. The van der Waals surface area contributed by atoms with Crippen molar-refractivity contribution in [2.45, 2.75) is 53.4 Å². The molecule has 0 radical (unpaired) electrons. The van der Waals surface area contributed by atoms with Crippen LogP contribution in [0.25, 0.3) is 0 Å². The van der Waals surface area contributed by atoms with E-state index in [-0.39, 0.29) is 11.3 Å². The van der Waals surface area contributed by atoms with Crippen LogP contribution in [-0.4, -0.2) is 11.1 Å². The summed E-state index contributed by atoms with van der Waals surface area (Å²) in [6.07, 6.45) is 8.51. The van der Waals surface area contributed by atoms with Crippen LogP contribution in [0.15, 0.2) is 12.2 Å². The van der Waals surface area contributed by atoms with Gasteiger partial charge < -0.3 is 5.11 Å². The van der Waals surface area contributed by atoms with Gasteiger partial charge in [0.15, 0.2) is 0 Å². The number of aliphatic carboxylic acids is 1. The lowest BCUT2D eigenvalue weighted by Crippen LogP contribution is -2.13. The van der Waals surface area contributed by atoms with Crippen LogP contribution in [-0.2, 0) is 4.79 Å². The van der Waals surface area contributed by atoms with Crippen LogP contribution in [0.3, 0.4) is 0 Å². The van der Waals surface area contributed by atoms with Gasteiger partial charge in [0.2, 0.25) is 0 Å². The summed E-state index contributed by atoms with van der Waals surface area (Å²) >= 11 is 0. The topological polar surface area (TPSA) is 37.3 Å². The van der Waals surface area contributed by atoms with Gasteiger partial charge in [-0.15, -0.1) is 0 Å². The fourth-order valence-electron chi connectivity index (χ4n) is 1.42. The van der Waals surface area contributed by atoms with Crippen LogP contribution >= 0.6 is 0 Å². The maximum Gasteiger partial charge on any atom is 0.310 e. The zero-order chi connectivity index (χ0) is 11.9. The van der Waals surface area contributed by atoms with Crippen molar-refractivity contribution in [1.82, 2.24) is 0 Å². The van der Waals surface area contributed by atoms with Crippen molar-refractivity contribution >= 4 is 5.97 Å². The molecule has 2 heteroatoms. The Morgan fingerprint density at radius 3 is 2.47 bits per heavy atom. The van der Waals surface area contributed by atoms with Gasteiger partial charge in [0.05, 0.1) is 5.92 Å². The maximum absolute atomic E-state index is 10.7. The third-order valence-corrected chi connectivity index (χ3v) is 3.09. The van der Waals surface area contributed by atoms with Gasteiger partial charge in [0.1, 0.15) is 0 Å². The standard InChI is InChI=1S/C13H24O2/c1-5-7-9-13(4,6-2)10-8-11(3)12(14)15/h8,10-11H,5-7,9H2,1-4H3,(H,14,15)/b10-8+/t11-,13?/m1/s1. The molecule has 1 N–H and O–H groups in total. The van der Waals surface area contributed by atoms with Crippen LogP contribution in [0.4, 0.5) is 0 Å². The number of rotatable bonds is 7. The molecule has 0 fully saturated rings. The minimum absolute atomic E-state index is 0.166. The monoisotopic (exact) mass is 212 g/mol. The van der Waals surface area contributed by atoms with Crippen molar-refractivity contribution in [2.75, 3.05) is 0 Å². The second kappa shape index (κ2) is 6.65. The average Bonchev–Trinajstić information content (AvgIpc) is 2.22. The summed E-state index contributed by atoms with van der Waals surface area (Å²) in [4.78, 5) is 10.7. The summed E-state index contributed by atoms with van der Waals surface area (Å²) in [6.45, 7) is 8.26. The van der Waals surface area contributed by atoms with Crippen LogP contribution in [0.1, 0.15) is 53.4 Å². The van der Waals surface area contributed by atoms with Gasteiger partial charge in [0, 0.05) is 0 Å². The highest BCUT2D eigenvalue weighted by atomic mass is 16.4. The van der Waals surface area contributed by atoms with Crippen molar-refractivity contribution in [3.8, 4) is 0 Å². The van der Waals surface area contributed by atoms with Crippen LogP contribution in [0.2, 0.25) is 0 Å². The molecule has 0 saturated carbocycles. The number of carbonyl (C=O) groups is 1. The predicted octanol–water partition coefficient (Wildman–Crippen LogP) is 3.87. The highest BCUT2D eigenvalue weighted by Gasteiger charge is 2.18. The van der Waals surface area contributed by atoms with E-state index in [9.17, 15) is 4.79 Å². The summed E-state index contributed by atoms with van der Waals surface area (Å²) in [5.41, 5.74) is 0.166. The number of hydrogen-bond donors (Lipinski definition) is 1. The number of carboxylic acid groups (broad SMARTS) is 1. The van der Waals surface area contributed by atoms with Gasteiger partial charge in [-0.3, -0.25) is 4.79 Å². The van der Waals surface area contributed by atoms with Crippen LogP contribution in [0.5, 0.6) is 0 Å². The third-order valence-electron chi connectivity index (χ3n) is 3.09. The molecule has 0 aromatic carbocycles. The smallest absolute Gasteiger partial charge is 0.310 e. The van der Waals surface area contributed by atoms with E-state index in [1.807, 2.05) is 6.08 Å². The van der Waals surface area contributed by atoms with Gasteiger partial charge in [0.25, 0.3) is 0 Å². The Bertz CT molecular complexity index is 221. The van der Waals surface area contributed by atoms with Crippen molar-refractivity contribution < 1.29 is 9.90 Å². The van der Waals surface area contributed by atoms with Crippen LogP contribution in [0, 0.1) is 11.3 Å². The Labute approximate surface area is 93.4 Å². The van der Waals surface area contributed by atoms with Crippen molar-refractivity contribution in [3.63, 3.8) is 0 Å². The zero-order valence-electron chi connectivity index (χ0n) is 10.4. The van der Waals surface area contributed by atoms with Gasteiger partial charge in [-0.05, 0) is 25.2 Å². The first kappa shape index (κ1) is 14.2. The second-order valence-electron chi connectivity index (χ2n) is 4.60. The van der Waals surface area contributed by atoms with E-state index in [0.717, 1.165) is 12.8 Å². The molecular weight excluding hydrogens is 188 g/mol. The Morgan fingerprint density at radius 1 is 1.47 bits per heavy atom. The second-order valence-corrected chi connectivity index (χ2v) is 4.60. The summed E-state index contributed by atoms with van der Waals surface area (Å²) in [6, 6.07) is 0. The summed E-state index contributed by atoms with van der Waals surface area (Å²) in [5.74, 6) is -1.13. The number of hydrogen-bond acceptors (Lipinski definition) is 1.